The fraction of sp³-hybridized carbons (Fsp3) is 0.294. The Kier molecular flexibility index (Phi) is 4.45. The lowest BCUT2D eigenvalue weighted by molar-refractivity contribution is -0.131. The zero-order valence-corrected chi connectivity index (χ0v) is 14.1. The summed E-state index contributed by atoms with van der Waals surface area (Å²) in [5.41, 5.74) is 8.28. The summed E-state index contributed by atoms with van der Waals surface area (Å²) in [4.78, 5) is 22.7. The first-order chi connectivity index (χ1) is 11.0. The predicted octanol–water partition coefficient (Wildman–Crippen LogP) is 2.46. The maximum Gasteiger partial charge on any atom is 0.239 e. The minimum atomic E-state index is -0.548. The largest absolute Gasteiger partial charge is 0.361 e. The standard InChI is InChI=1S/C17H20N4OS/c1-11-19-9-13(23-11)10-21(2)17(22)15(18)7-12-8-20-16-6-4-3-5-14(12)16/h3-6,8-9,15,20H,7,10,18H2,1-2H3/t15-/m0/s1. The molecule has 3 aromatic rings. The maximum atomic E-state index is 12.5. The summed E-state index contributed by atoms with van der Waals surface area (Å²) < 4.78 is 0. The molecule has 5 nitrogen and oxygen atoms in total. The van der Waals surface area contributed by atoms with Crippen LogP contribution in [-0.2, 0) is 17.8 Å². The van der Waals surface area contributed by atoms with E-state index < -0.39 is 6.04 Å². The molecule has 0 aliphatic carbocycles. The van der Waals surface area contributed by atoms with Gasteiger partial charge in [0.1, 0.15) is 0 Å². The van der Waals surface area contributed by atoms with Crippen molar-refractivity contribution in [3.05, 3.63) is 52.1 Å². The molecule has 0 bridgehead atoms. The van der Waals surface area contributed by atoms with Crippen molar-refractivity contribution in [3.8, 4) is 0 Å². The van der Waals surface area contributed by atoms with Crippen LogP contribution in [0.25, 0.3) is 10.9 Å². The number of para-hydroxylation sites is 1. The van der Waals surface area contributed by atoms with Crippen molar-refractivity contribution in [2.45, 2.75) is 25.9 Å². The van der Waals surface area contributed by atoms with Gasteiger partial charge in [-0.2, -0.15) is 0 Å². The van der Waals surface area contributed by atoms with Crippen LogP contribution in [0.3, 0.4) is 0 Å². The highest BCUT2D eigenvalue weighted by Gasteiger charge is 2.20. The molecule has 0 unspecified atom stereocenters. The number of thiazole rings is 1. The van der Waals surface area contributed by atoms with E-state index in [4.69, 9.17) is 5.73 Å². The number of amides is 1. The molecule has 23 heavy (non-hydrogen) atoms. The number of hydrogen-bond donors (Lipinski definition) is 2. The zero-order chi connectivity index (χ0) is 16.4. The Morgan fingerprint density at radius 3 is 2.96 bits per heavy atom. The lowest BCUT2D eigenvalue weighted by atomic mass is 10.0. The van der Waals surface area contributed by atoms with Gasteiger partial charge in [0.05, 0.1) is 17.6 Å². The van der Waals surface area contributed by atoms with Crippen LogP contribution >= 0.6 is 11.3 Å². The number of carbonyl (C=O) groups is 1. The maximum absolute atomic E-state index is 12.5. The smallest absolute Gasteiger partial charge is 0.239 e. The van der Waals surface area contributed by atoms with E-state index >= 15 is 0 Å². The van der Waals surface area contributed by atoms with Crippen LogP contribution in [0, 0.1) is 6.92 Å². The Balaban J connectivity index is 1.67. The van der Waals surface area contributed by atoms with E-state index in [0.717, 1.165) is 26.4 Å². The van der Waals surface area contributed by atoms with Gasteiger partial charge < -0.3 is 15.6 Å². The molecule has 2 aromatic heterocycles. The Morgan fingerprint density at radius 1 is 1.43 bits per heavy atom. The Labute approximate surface area is 139 Å². The fourth-order valence-corrected chi connectivity index (χ4v) is 3.55. The number of nitrogens with one attached hydrogen (secondary N) is 1. The van der Waals surface area contributed by atoms with Crippen molar-refractivity contribution in [2.75, 3.05) is 7.05 Å². The zero-order valence-electron chi connectivity index (χ0n) is 13.2. The summed E-state index contributed by atoms with van der Waals surface area (Å²) in [7, 11) is 1.78. The first-order valence-corrected chi connectivity index (χ1v) is 8.33. The molecule has 6 heteroatoms. The van der Waals surface area contributed by atoms with Crippen molar-refractivity contribution < 1.29 is 4.79 Å². The van der Waals surface area contributed by atoms with Gasteiger partial charge in [0.2, 0.25) is 5.91 Å². The minimum Gasteiger partial charge on any atom is -0.361 e. The third-order valence-electron chi connectivity index (χ3n) is 3.87. The molecule has 120 valence electrons. The Bertz CT molecular complexity index is 823. The van der Waals surface area contributed by atoms with Gasteiger partial charge in [-0.1, -0.05) is 18.2 Å². The number of fused-ring (bicyclic) bond motifs is 1. The van der Waals surface area contributed by atoms with Crippen LogP contribution in [0.5, 0.6) is 0 Å². The van der Waals surface area contributed by atoms with E-state index in [1.165, 1.54) is 0 Å². The quantitative estimate of drug-likeness (QED) is 0.755. The second kappa shape index (κ2) is 6.52. The SMILES string of the molecule is Cc1ncc(CN(C)C(=O)[C@@H](N)Cc2c[nH]c3ccccc23)s1. The Morgan fingerprint density at radius 2 is 2.22 bits per heavy atom. The topological polar surface area (TPSA) is 75.0 Å². The summed E-state index contributed by atoms with van der Waals surface area (Å²) in [6.07, 6.45) is 4.27. The van der Waals surface area contributed by atoms with Crippen LogP contribution in [0.15, 0.2) is 36.7 Å². The van der Waals surface area contributed by atoms with Crippen molar-refractivity contribution in [2.24, 2.45) is 5.73 Å². The lowest BCUT2D eigenvalue weighted by Crippen LogP contribution is -2.42. The molecule has 0 saturated carbocycles. The van der Waals surface area contributed by atoms with Crippen LogP contribution in [0.1, 0.15) is 15.4 Å². The van der Waals surface area contributed by atoms with Crippen molar-refractivity contribution in [3.63, 3.8) is 0 Å². The van der Waals surface area contributed by atoms with Gasteiger partial charge in [0.15, 0.2) is 0 Å². The first-order valence-electron chi connectivity index (χ1n) is 7.51. The molecule has 1 aromatic carbocycles. The number of likely N-dealkylation sites (N-methyl/N-ethyl adjacent to an activating group) is 1. The fourth-order valence-electron chi connectivity index (χ4n) is 2.70. The number of aromatic amines is 1. The molecule has 2 heterocycles. The summed E-state index contributed by atoms with van der Waals surface area (Å²) in [5, 5.41) is 2.13. The van der Waals surface area contributed by atoms with Gasteiger partial charge in [0, 0.05) is 35.2 Å². The second-order valence-corrected chi connectivity index (χ2v) is 7.03. The number of rotatable bonds is 5. The average Bonchev–Trinajstić information content (AvgIpc) is 3.13. The third kappa shape index (κ3) is 3.43. The molecule has 3 rings (SSSR count). The number of aromatic nitrogens is 2. The third-order valence-corrected chi connectivity index (χ3v) is 4.77. The number of nitrogens with zero attached hydrogens (tertiary/aromatic N) is 2. The highest BCUT2D eigenvalue weighted by atomic mass is 32.1. The summed E-state index contributed by atoms with van der Waals surface area (Å²) in [6.45, 7) is 2.50. The predicted molar refractivity (Wildman–Crippen MR) is 93.3 cm³/mol. The molecule has 0 spiro atoms. The van der Waals surface area contributed by atoms with Crippen LogP contribution in [0.2, 0.25) is 0 Å². The van der Waals surface area contributed by atoms with Gasteiger partial charge in [-0.05, 0) is 25.0 Å². The van der Waals surface area contributed by atoms with E-state index in [1.807, 2.05) is 43.6 Å². The number of nitrogens with two attached hydrogens (primary N) is 1. The molecule has 0 radical (unpaired) electrons. The number of carbonyl (C=O) groups excluding carboxylic acids is 1. The second-order valence-electron chi connectivity index (χ2n) is 5.71. The van der Waals surface area contributed by atoms with Gasteiger partial charge >= 0.3 is 0 Å². The van der Waals surface area contributed by atoms with E-state index in [9.17, 15) is 4.79 Å². The number of H-pyrrole nitrogens is 1. The molecule has 0 aliphatic heterocycles. The van der Waals surface area contributed by atoms with Crippen LogP contribution < -0.4 is 5.73 Å². The Hall–Kier alpha value is -2.18. The van der Waals surface area contributed by atoms with E-state index in [1.54, 1.807) is 23.3 Å². The summed E-state index contributed by atoms with van der Waals surface area (Å²) in [5.74, 6) is -0.0543. The summed E-state index contributed by atoms with van der Waals surface area (Å²) in [6, 6.07) is 7.49. The first kappa shape index (κ1) is 15.7. The monoisotopic (exact) mass is 328 g/mol. The average molecular weight is 328 g/mol. The molecule has 0 fully saturated rings. The highest BCUT2D eigenvalue weighted by Crippen LogP contribution is 2.19. The van der Waals surface area contributed by atoms with Gasteiger partial charge in [-0.3, -0.25) is 4.79 Å². The molecule has 3 N–H and O–H groups in total. The molecular formula is C17H20N4OS. The summed E-state index contributed by atoms with van der Waals surface area (Å²) >= 11 is 1.60. The molecular weight excluding hydrogens is 308 g/mol. The van der Waals surface area contributed by atoms with E-state index in [0.29, 0.717) is 13.0 Å². The number of hydrogen-bond acceptors (Lipinski definition) is 4. The van der Waals surface area contributed by atoms with Gasteiger partial charge in [-0.15, -0.1) is 11.3 Å². The molecule has 0 saturated heterocycles. The lowest BCUT2D eigenvalue weighted by Gasteiger charge is -2.20. The van der Waals surface area contributed by atoms with Crippen LogP contribution in [0.4, 0.5) is 0 Å². The van der Waals surface area contributed by atoms with Crippen LogP contribution in [-0.4, -0.2) is 33.9 Å². The van der Waals surface area contributed by atoms with Crippen molar-refractivity contribution in [1.82, 2.24) is 14.9 Å². The normalized spacial score (nSPS) is 12.5. The number of aryl methyl sites for hydroxylation is 1. The van der Waals surface area contributed by atoms with Crippen molar-refractivity contribution in [1.29, 1.82) is 0 Å². The minimum absolute atomic E-state index is 0.0543. The molecule has 1 atom stereocenters. The van der Waals surface area contributed by atoms with E-state index in [-0.39, 0.29) is 5.91 Å². The highest BCUT2D eigenvalue weighted by molar-refractivity contribution is 7.11. The molecule has 0 aliphatic rings. The van der Waals surface area contributed by atoms with Gasteiger partial charge in [0.25, 0.3) is 0 Å². The van der Waals surface area contributed by atoms with E-state index in [2.05, 4.69) is 9.97 Å². The number of benzene rings is 1. The van der Waals surface area contributed by atoms with Gasteiger partial charge in [-0.25, -0.2) is 4.98 Å². The van der Waals surface area contributed by atoms with Crippen molar-refractivity contribution >= 4 is 28.1 Å². The molecule has 1 amide bonds.